The van der Waals surface area contributed by atoms with Gasteiger partial charge in [-0.05, 0) is 37.6 Å². The number of rotatable bonds is 7. The van der Waals surface area contributed by atoms with E-state index in [0.29, 0.717) is 0 Å². The van der Waals surface area contributed by atoms with Crippen LogP contribution in [0.2, 0.25) is 0 Å². The third-order valence-electron chi connectivity index (χ3n) is 2.21. The van der Waals surface area contributed by atoms with Gasteiger partial charge < -0.3 is 5.32 Å². The third-order valence-corrected chi connectivity index (χ3v) is 3.25. The third kappa shape index (κ3) is 6.02. The van der Waals surface area contributed by atoms with Gasteiger partial charge >= 0.3 is 0 Å². The topological polar surface area (TPSA) is 55.6 Å². The highest BCUT2D eigenvalue weighted by atomic mass is 32.2. The van der Waals surface area contributed by atoms with Gasteiger partial charge in [-0.1, -0.05) is 25.1 Å². The minimum Gasteiger partial charge on any atom is -0.310 e. The number of nitrogens with zero attached hydrogens (tertiary/aromatic N) is 4. The van der Waals surface area contributed by atoms with Crippen LogP contribution in [0.15, 0.2) is 5.16 Å². The average molecular weight is 257 g/mol. The highest BCUT2D eigenvalue weighted by Crippen LogP contribution is 2.15. The van der Waals surface area contributed by atoms with E-state index in [1.807, 2.05) is 4.68 Å². The van der Waals surface area contributed by atoms with Crippen LogP contribution in [0, 0.1) is 0 Å². The molecule has 98 valence electrons. The lowest BCUT2D eigenvalue weighted by molar-refractivity contribution is 0.396. The molecule has 1 aromatic heterocycles. The molecule has 0 unspecified atom stereocenters. The van der Waals surface area contributed by atoms with E-state index in [9.17, 15) is 0 Å². The molecule has 1 N–H and O–H groups in total. The Kier molecular flexibility index (Phi) is 5.91. The van der Waals surface area contributed by atoms with E-state index in [1.54, 1.807) is 11.8 Å². The van der Waals surface area contributed by atoms with Crippen LogP contribution in [0.25, 0.3) is 0 Å². The molecule has 0 aliphatic heterocycles. The second kappa shape index (κ2) is 6.96. The van der Waals surface area contributed by atoms with E-state index < -0.39 is 0 Å². The number of nitrogens with one attached hydrogen (secondary N) is 1. The van der Waals surface area contributed by atoms with Gasteiger partial charge in [-0.15, -0.1) is 5.10 Å². The lowest BCUT2D eigenvalue weighted by Gasteiger charge is -2.20. The number of aromatic nitrogens is 4. The summed E-state index contributed by atoms with van der Waals surface area (Å²) in [6.07, 6.45) is 2.41. The fourth-order valence-electron chi connectivity index (χ4n) is 1.28. The van der Waals surface area contributed by atoms with Gasteiger partial charge in [0.05, 0.1) is 6.54 Å². The molecule has 1 rings (SSSR count). The fourth-order valence-corrected chi connectivity index (χ4v) is 2.27. The summed E-state index contributed by atoms with van der Waals surface area (Å²) >= 11 is 1.74. The molecule has 0 saturated carbocycles. The average Bonchev–Trinajstić information content (AvgIpc) is 2.64. The van der Waals surface area contributed by atoms with Gasteiger partial charge in [0.25, 0.3) is 0 Å². The van der Waals surface area contributed by atoms with Crippen LogP contribution in [0.3, 0.4) is 0 Å². The van der Waals surface area contributed by atoms with Crippen LogP contribution >= 0.6 is 11.8 Å². The molecule has 0 aliphatic rings. The van der Waals surface area contributed by atoms with Gasteiger partial charge in [-0.25, -0.2) is 4.68 Å². The Hall–Kier alpha value is -0.620. The Morgan fingerprint density at radius 1 is 1.35 bits per heavy atom. The largest absolute Gasteiger partial charge is 0.310 e. The van der Waals surface area contributed by atoms with Crippen LogP contribution in [0.4, 0.5) is 0 Å². The summed E-state index contributed by atoms with van der Waals surface area (Å²) in [6.45, 7) is 10.4. The zero-order chi connectivity index (χ0) is 12.7. The predicted octanol–water partition coefficient (Wildman–Crippen LogP) is 1.95. The second-order valence-electron chi connectivity index (χ2n) is 5.06. The Balaban J connectivity index is 2.35. The quantitative estimate of drug-likeness (QED) is 0.598. The van der Waals surface area contributed by atoms with E-state index in [1.165, 1.54) is 12.8 Å². The van der Waals surface area contributed by atoms with Gasteiger partial charge in [0.15, 0.2) is 0 Å². The number of hydrogen-bond donors (Lipinski definition) is 1. The molecule has 0 bridgehead atoms. The van der Waals surface area contributed by atoms with Crippen molar-refractivity contribution in [3.8, 4) is 0 Å². The Morgan fingerprint density at radius 3 is 2.76 bits per heavy atom. The Morgan fingerprint density at radius 2 is 2.12 bits per heavy atom. The lowest BCUT2D eigenvalue weighted by Crippen LogP contribution is -2.38. The van der Waals surface area contributed by atoms with Crippen LogP contribution in [-0.2, 0) is 6.54 Å². The van der Waals surface area contributed by atoms with E-state index in [0.717, 1.165) is 24.0 Å². The standard InChI is InChI=1S/C11H23N5S/c1-5-6-9-17-10-13-14-15-16(10)8-7-12-11(2,3)4/h12H,5-9H2,1-4H3. The van der Waals surface area contributed by atoms with E-state index >= 15 is 0 Å². The summed E-state index contributed by atoms with van der Waals surface area (Å²) in [4.78, 5) is 0. The van der Waals surface area contributed by atoms with Gasteiger partial charge in [-0.2, -0.15) is 0 Å². The lowest BCUT2D eigenvalue weighted by atomic mass is 10.1. The molecule has 0 saturated heterocycles. The van der Waals surface area contributed by atoms with Gasteiger partial charge in [-0.3, -0.25) is 0 Å². The first-order valence-corrected chi connectivity index (χ1v) is 7.15. The van der Waals surface area contributed by atoms with Crippen molar-refractivity contribution >= 4 is 11.8 Å². The molecule has 1 heterocycles. The summed E-state index contributed by atoms with van der Waals surface area (Å²) < 4.78 is 1.87. The predicted molar refractivity (Wildman–Crippen MR) is 71.2 cm³/mol. The number of thioether (sulfide) groups is 1. The number of hydrogen-bond acceptors (Lipinski definition) is 5. The summed E-state index contributed by atoms with van der Waals surface area (Å²) in [6, 6.07) is 0. The van der Waals surface area contributed by atoms with Crippen molar-refractivity contribution in [2.45, 2.75) is 57.8 Å². The molecule has 1 aromatic rings. The van der Waals surface area contributed by atoms with Crippen molar-refractivity contribution in [3.63, 3.8) is 0 Å². The molecule has 0 spiro atoms. The van der Waals surface area contributed by atoms with Crippen LogP contribution in [0.5, 0.6) is 0 Å². The first-order valence-electron chi connectivity index (χ1n) is 6.17. The van der Waals surface area contributed by atoms with Crippen molar-refractivity contribution in [1.29, 1.82) is 0 Å². The van der Waals surface area contributed by atoms with Gasteiger partial charge in [0.2, 0.25) is 5.16 Å². The van der Waals surface area contributed by atoms with Crippen molar-refractivity contribution in [2.24, 2.45) is 0 Å². The van der Waals surface area contributed by atoms with Crippen molar-refractivity contribution in [2.75, 3.05) is 12.3 Å². The Labute approximate surface area is 108 Å². The number of tetrazole rings is 1. The molecule has 0 aromatic carbocycles. The van der Waals surface area contributed by atoms with E-state index in [2.05, 4.69) is 48.5 Å². The van der Waals surface area contributed by atoms with Crippen LogP contribution in [0.1, 0.15) is 40.5 Å². The molecular formula is C11H23N5S. The van der Waals surface area contributed by atoms with Crippen molar-refractivity contribution < 1.29 is 0 Å². The van der Waals surface area contributed by atoms with Crippen molar-refractivity contribution in [1.82, 2.24) is 25.5 Å². The highest BCUT2D eigenvalue weighted by molar-refractivity contribution is 7.99. The van der Waals surface area contributed by atoms with Crippen LogP contribution in [-0.4, -0.2) is 38.0 Å². The summed E-state index contributed by atoms with van der Waals surface area (Å²) in [7, 11) is 0. The monoisotopic (exact) mass is 257 g/mol. The van der Waals surface area contributed by atoms with Crippen molar-refractivity contribution in [3.05, 3.63) is 0 Å². The van der Waals surface area contributed by atoms with Crippen LogP contribution < -0.4 is 5.32 Å². The highest BCUT2D eigenvalue weighted by Gasteiger charge is 2.10. The second-order valence-corrected chi connectivity index (χ2v) is 6.13. The fraction of sp³-hybridized carbons (Fsp3) is 0.909. The molecule has 6 heteroatoms. The number of unbranched alkanes of at least 4 members (excludes halogenated alkanes) is 1. The molecule has 5 nitrogen and oxygen atoms in total. The molecule has 17 heavy (non-hydrogen) atoms. The minimum absolute atomic E-state index is 0.142. The molecule has 0 aliphatic carbocycles. The Bertz CT molecular complexity index is 318. The first kappa shape index (κ1) is 14.4. The normalized spacial score (nSPS) is 12.0. The molecule has 0 fully saturated rings. The maximum Gasteiger partial charge on any atom is 0.209 e. The minimum atomic E-state index is 0.142. The maximum atomic E-state index is 4.04. The first-order chi connectivity index (χ1) is 8.03. The molecule has 0 radical (unpaired) electrons. The maximum absolute atomic E-state index is 4.04. The van der Waals surface area contributed by atoms with E-state index in [4.69, 9.17) is 0 Å². The zero-order valence-corrected chi connectivity index (χ0v) is 12.0. The summed E-state index contributed by atoms with van der Waals surface area (Å²) in [5.41, 5.74) is 0.142. The van der Waals surface area contributed by atoms with Gasteiger partial charge in [0, 0.05) is 17.8 Å². The van der Waals surface area contributed by atoms with E-state index in [-0.39, 0.29) is 5.54 Å². The smallest absolute Gasteiger partial charge is 0.209 e. The summed E-state index contributed by atoms with van der Waals surface area (Å²) in [5, 5.41) is 16.1. The van der Waals surface area contributed by atoms with Gasteiger partial charge in [0.1, 0.15) is 0 Å². The summed E-state index contributed by atoms with van der Waals surface area (Å²) in [5.74, 6) is 1.09. The zero-order valence-electron chi connectivity index (χ0n) is 11.2. The molecular weight excluding hydrogens is 234 g/mol. The molecule has 0 atom stereocenters. The molecule has 0 amide bonds. The SMILES string of the molecule is CCCCSc1nnnn1CCNC(C)(C)C.